The summed E-state index contributed by atoms with van der Waals surface area (Å²) in [7, 11) is 0. The number of aromatic hydroxyl groups is 1. The third kappa shape index (κ3) is 2.11. The van der Waals surface area contributed by atoms with Crippen molar-refractivity contribution in [2.24, 2.45) is 0 Å². The van der Waals surface area contributed by atoms with Crippen LogP contribution in [0.3, 0.4) is 0 Å². The Kier molecular flexibility index (Phi) is 2.69. The third-order valence-corrected chi connectivity index (χ3v) is 4.02. The standard InChI is InChI=1S/C14H12O2S/c15-11-6-7-12-13(8-11)17-14(9-16-12)10-4-2-1-3-5-10/h1-8,14-15H,9H2/t14-/m0/s1. The predicted molar refractivity (Wildman–Crippen MR) is 68.6 cm³/mol. The van der Waals surface area contributed by atoms with Gasteiger partial charge in [0, 0.05) is 0 Å². The van der Waals surface area contributed by atoms with E-state index in [0.717, 1.165) is 10.6 Å². The van der Waals surface area contributed by atoms with Crippen molar-refractivity contribution in [3.05, 3.63) is 54.1 Å². The number of hydrogen-bond donors (Lipinski definition) is 1. The van der Waals surface area contributed by atoms with Gasteiger partial charge in [0.15, 0.2) is 0 Å². The number of rotatable bonds is 1. The molecule has 0 unspecified atom stereocenters. The summed E-state index contributed by atoms with van der Waals surface area (Å²) in [6.07, 6.45) is 0. The highest BCUT2D eigenvalue weighted by molar-refractivity contribution is 7.99. The third-order valence-electron chi connectivity index (χ3n) is 2.76. The number of hydrogen-bond acceptors (Lipinski definition) is 3. The fraction of sp³-hybridized carbons (Fsp3) is 0.143. The van der Waals surface area contributed by atoms with E-state index in [4.69, 9.17) is 4.74 Å². The lowest BCUT2D eigenvalue weighted by Gasteiger charge is -2.25. The maximum Gasteiger partial charge on any atom is 0.133 e. The van der Waals surface area contributed by atoms with Crippen LogP contribution in [0.1, 0.15) is 10.8 Å². The second-order valence-electron chi connectivity index (χ2n) is 3.96. The molecule has 1 aliphatic heterocycles. The Labute approximate surface area is 104 Å². The Bertz CT molecular complexity index is 525. The summed E-state index contributed by atoms with van der Waals surface area (Å²) in [5.41, 5.74) is 1.26. The van der Waals surface area contributed by atoms with E-state index in [1.807, 2.05) is 24.3 Å². The summed E-state index contributed by atoms with van der Waals surface area (Å²) in [6, 6.07) is 15.5. The molecule has 1 heterocycles. The Balaban J connectivity index is 1.90. The lowest BCUT2D eigenvalue weighted by atomic mass is 10.1. The summed E-state index contributed by atoms with van der Waals surface area (Å²) in [5, 5.41) is 9.77. The molecule has 0 saturated heterocycles. The van der Waals surface area contributed by atoms with Crippen LogP contribution in [0.5, 0.6) is 11.5 Å². The number of benzene rings is 2. The summed E-state index contributed by atoms with van der Waals surface area (Å²) >= 11 is 1.74. The van der Waals surface area contributed by atoms with Crippen molar-refractivity contribution in [1.82, 2.24) is 0 Å². The van der Waals surface area contributed by atoms with Crippen LogP contribution in [-0.2, 0) is 0 Å². The summed E-state index contributed by atoms with van der Waals surface area (Å²) in [6.45, 7) is 0.673. The van der Waals surface area contributed by atoms with E-state index in [-0.39, 0.29) is 5.75 Å². The maximum atomic E-state index is 9.48. The van der Waals surface area contributed by atoms with Crippen molar-refractivity contribution in [1.29, 1.82) is 0 Å². The number of fused-ring (bicyclic) bond motifs is 1. The molecule has 2 aromatic rings. The second kappa shape index (κ2) is 4.34. The minimum absolute atomic E-state index is 0.286. The van der Waals surface area contributed by atoms with Crippen LogP contribution in [0.15, 0.2) is 53.4 Å². The zero-order valence-corrected chi connectivity index (χ0v) is 9.98. The Hall–Kier alpha value is -1.61. The first-order valence-corrected chi connectivity index (χ1v) is 6.38. The normalized spacial score (nSPS) is 18.2. The van der Waals surface area contributed by atoms with Crippen molar-refractivity contribution in [2.75, 3.05) is 6.61 Å². The summed E-state index contributed by atoms with van der Waals surface area (Å²) in [4.78, 5) is 1.00. The lowest BCUT2D eigenvalue weighted by molar-refractivity contribution is 0.303. The largest absolute Gasteiger partial charge is 0.508 e. The molecule has 0 radical (unpaired) electrons. The quantitative estimate of drug-likeness (QED) is 0.830. The van der Waals surface area contributed by atoms with Crippen LogP contribution >= 0.6 is 11.8 Å². The van der Waals surface area contributed by atoms with Crippen LogP contribution in [0.4, 0.5) is 0 Å². The number of thioether (sulfide) groups is 1. The molecule has 1 atom stereocenters. The van der Waals surface area contributed by atoms with Gasteiger partial charge in [0.2, 0.25) is 0 Å². The van der Waals surface area contributed by atoms with Crippen molar-refractivity contribution in [3.8, 4) is 11.5 Å². The van der Waals surface area contributed by atoms with Crippen molar-refractivity contribution in [3.63, 3.8) is 0 Å². The predicted octanol–water partition coefficient (Wildman–Crippen LogP) is 3.62. The molecule has 0 aromatic heterocycles. The number of ether oxygens (including phenoxy) is 1. The monoisotopic (exact) mass is 244 g/mol. The maximum absolute atomic E-state index is 9.48. The van der Waals surface area contributed by atoms with Gasteiger partial charge in [0.1, 0.15) is 18.1 Å². The van der Waals surface area contributed by atoms with E-state index >= 15 is 0 Å². The van der Waals surface area contributed by atoms with E-state index in [0.29, 0.717) is 11.9 Å². The van der Waals surface area contributed by atoms with Crippen molar-refractivity contribution >= 4 is 11.8 Å². The minimum atomic E-state index is 0.286. The van der Waals surface area contributed by atoms with Gasteiger partial charge in [-0.1, -0.05) is 30.3 Å². The Morgan fingerprint density at radius 2 is 1.94 bits per heavy atom. The van der Waals surface area contributed by atoms with Crippen LogP contribution in [0, 0.1) is 0 Å². The molecule has 2 aromatic carbocycles. The SMILES string of the molecule is Oc1ccc2c(c1)S[C@H](c1ccccc1)CO2. The van der Waals surface area contributed by atoms with Gasteiger partial charge in [0.05, 0.1) is 10.1 Å². The Morgan fingerprint density at radius 1 is 1.12 bits per heavy atom. The molecule has 3 rings (SSSR count). The van der Waals surface area contributed by atoms with Crippen LogP contribution in [0.2, 0.25) is 0 Å². The van der Waals surface area contributed by atoms with E-state index in [1.165, 1.54) is 5.56 Å². The van der Waals surface area contributed by atoms with Crippen molar-refractivity contribution < 1.29 is 9.84 Å². The zero-order valence-electron chi connectivity index (χ0n) is 9.17. The van der Waals surface area contributed by atoms with E-state index in [9.17, 15) is 5.11 Å². The number of phenols is 1. The summed E-state index contributed by atoms with van der Waals surface area (Å²) in [5.74, 6) is 1.15. The first kappa shape index (κ1) is 10.5. The van der Waals surface area contributed by atoms with Crippen LogP contribution in [0.25, 0.3) is 0 Å². The topological polar surface area (TPSA) is 29.5 Å². The highest BCUT2D eigenvalue weighted by Crippen LogP contribution is 2.45. The minimum Gasteiger partial charge on any atom is -0.508 e. The molecule has 1 aliphatic rings. The molecule has 0 aliphatic carbocycles. The molecule has 0 fully saturated rings. The first-order chi connectivity index (χ1) is 8.33. The van der Waals surface area contributed by atoms with Gasteiger partial charge in [-0.25, -0.2) is 0 Å². The smallest absolute Gasteiger partial charge is 0.133 e. The molecule has 0 spiro atoms. The van der Waals surface area contributed by atoms with Gasteiger partial charge < -0.3 is 9.84 Å². The van der Waals surface area contributed by atoms with Gasteiger partial charge in [-0.15, -0.1) is 11.8 Å². The van der Waals surface area contributed by atoms with Gasteiger partial charge in [0.25, 0.3) is 0 Å². The lowest BCUT2D eigenvalue weighted by Crippen LogP contribution is -2.12. The second-order valence-corrected chi connectivity index (χ2v) is 5.20. The molecular weight excluding hydrogens is 232 g/mol. The van der Waals surface area contributed by atoms with Gasteiger partial charge >= 0.3 is 0 Å². The summed E-state index contributed by atoms with van der Waals surface area (Å²) < 4.78 is 5.71. The average Bonchev–Trinajstić information content (AvgIpc) is 2.39. The fourth-order valence-corrected chi connectivity index (χ4v) is 3.06. The van der Waals surface area contributed by atoms with Gasteiger partial charge in [-0.05, 0) is 23.8 Å². The molecule has 1 N–H and O–H groups in total. The first-order valence-electron chi connectivity index (χ1n) is 5.50. The molecular formula is C14H12O2S. The number of phenolic OH excluding ortho intramolecular Hbond substituents is 1. The van der Waals surface area contributed by atoms with E-state index in [1.54, 1.807) is 23.9 Å². The molecule has 0 saturated carbocycles. The Morgan fingerprint density at radius 3 is 2.76 bits per heavy atom. The highest BCUT2D eigenvalue weighted by atomic mass is 32.2. The molecule has 0 bridgehead atoms. The van der Waals surface area contributed by atoms with E-state index in [2.05, 4.69) is 12.1 Å². The van der Waals surface area contributed by atoms with Gasteiger partial charge in [-0.2, -0.15) is 0 Å². The fourth-order valence-electron chi connectivity index (χ4n) is 1.89. The highest BCUT2D eigenvalue weighted by Gasteiger charge is 2.22. The molecule has 86 valence electrons. The molecule has 2 nitrogen and oxygen atoms in total. The molecule has 0 amide bonds. The van der Waals surface area contributed by atoms with E-state index < -0.39 is 0 Å². The van der Waals surface area contributed by atoms with Crippen LogP contribution in [-0.4, -0.2) is 11.7 Å². The van der Waals surface area contributed by atoms with Crippen LogP contribution < -0.4 is 4.74 Å². The van der Waals surface area contributed by atoms with Gasteiger partial charge in [-0.3, -0.25) is 0 Å². The molecule has 17 heavy (non-hydrogen) atoms. The van der Waals surface area contributed by atoms with Crippen molar-refractivity contribution in [2.45, 2.75) is 10.1 Å². The molecule has 3 heteroatoms. The average molecular weight is 244 g/mol. The zero-order chi connectivity index (χ0) is 11.7.